The smallest absolute Gasteiger partial charge is 0.416 e. The van der Waals surface area contributed by atoms with Crippen LogP contribution in [-0.2, 0) is 17.4 Å². The number of fused-ring (bicyclic) bond motifs is 1. The van der Waals surface area contributed by atoms with E-state index in [4.69, 9.17) is 9.47 Å². The molecule has 0 bridgehead atoms. The number of nitrogens with zero attached hydrogens (tertiary/aromatic N) is 1. The minimum atomic E-state index is -4.52. The normalized spacial score (nSPS) is 16.7. The van der Waals surface area contributed by atoms with Gasteiger partial charge in [0.2, 0.25) is 5.91 Å². The number of methoxy groups -OCH3 is 2. The molecule has 7 heteroatoms. The first-order chi connectivity index (χ1) is 12.8. The lowest BCUT2D eigenvalue weighted by atomic mass is 9.85. The number of hydrogen-bond donors (Lipinski definition) is 0. The van der Waals surface area contributed by atoms with Gasteiger partial charge >= 0.3 is 6.18 Å². The zero-order valence-electron chi connectivity index (χ0n) is 15.3. The fourth-order valence-electron chi connectivity index (χ4n) is 3.61. The average molecular weight is 379 g/mol. The van der Waals surface area contributed by atoms with Gasteiger partial charge in [-0.3, -0.25) is 4.79 Å². The van der Waals surface area contributed by atoms with Crippen LogP contribution in [0.3, 0.4) is 0 Å². The second-order valence-corrected chi connectivity index (χ2v) is 6.36. The molecule has 0 aromatic heterocycles. The van der Waals surface area contributed by atoms with Crippen molar-refractivity contribution < 1.29 is 27.4 Å². The Morgan fingerprint density at radius 2 is 1.70 bits per heavy atom. The van der Waals surface area contributed by atoms with E-state index in [0.717, 1.165) is 11.6 Å². The molecular formula is C20H20F3NO3. The van der Waals surface area contributed by atoms with E-state index < -0.39 is 17.8 Å². The van der Waals surface area contributed by atoms with Crippen LogP contribution in [-0.4, -0.2) is 31.6 Å². The predicted molar refractivity (Wildman–Crippen MR) is 93.9 cm³/mol. The lowest BCUT2D eigenvalue weighted by molar-refractivity contribution is -0.140. The number of carbonyl (C=O) groups is 1. The Hall–Kier alpha value is -2.70. The van der Waals surface area contributed by atoms with Crippen molar-refractivity contribution in [1.82, 2.24) is 4.90 Å². The minimum absolute atomic E-state index is 0.0494. The highest BCUT2D eigenvalue weighted by atomic mass is 19.4. The number of hydrogen-bond acceptors (Lipinski definition) is 3. The number of ether oxygens (including phenoxy) is 2. The molecule has 0 saturated carbocycles. The van der Waals surface area contributed by atoms with Gasteiger partial charge in [0, 0.05) is 13.5 Å². The van der Waals surface area contributed by atoms with Crippen LogP contribution < -0.4 is 9.47 Å². The summed E-state index contributed by atoms with van der Waals surface area (Å²) < 4.78 is 51.5. The maximum atomic E-state index is 13.6. The largest absolute Gasteiger partial charge is 0.493 e. The van der Waals surface area contributed by atoms with E-state index in [0.29, 0.717) is 30.0 Å². The SMILES string of the molecule is COc1cc2c(cc1OC)[C@H](c1ccccc1C(F)(F)F)N(C(C)=O)CC2. The standard InChI is InChI=1S/C20H20F3NO3/c1-12(25)24-9-8-13-10-17(26-2)18(27-3)11-15(13)19(24)14-6-4-5-7-16(14)20(21,22)23/h4-7,10-11,19H,8-9H2,1-3H3/t19-/m0/s1. The molecule has 0 spiro atoms. The summed E-state index contributed by atoms with van der Waals surface area (Å²) in [6.07, 6.45) is -3.99. The molecule has 4 nitrogen and oxygen atoms in total. The van der Waals surface area contributed by atoms with Crippen LogP contribution in [0.15, 0.2) is 36.4 Å². The minimum Gasteiger partial charge on any atom is -0.493 e. The molecule has 0 saturated heterocycles. The van der Waals surface area contributed by atoms with Gasteiger partial charge < -0.3 is 14.4 Å². The van der Waals surface area contributed by atoms with Crippen LogP contribution in [0.4, 0.5) is 13.2 Å². The van der Waals surface area contributed by atoms with Gasteiger partial charge in [-0.25, -0.2) is 0 Å². The molecule has 0 fully saturated rings. The highest BCUT2D eigenvalue weighted by molar-refractivity contribution is 5.75. The van der Waals surface area contributed by atoms with Gasteiger partial charge in [0.05, 0.1) is 25.8 Å². The van der Waals surface area contributed by atoms with Crippen LogP contribution in [0.5, 0.6) is 11.5 Å². The molecule has 1 heterocycles. The van der Waals surface area contributed by atoms with E-state index in [2.05, 4.69) is 0 Å². The van der Waals surface area contributed by atoms with Crippen molar-refractivity contribution in [2.24, 2.45) is 0 Å². The molecule has 0 aliphatic carbocycles. The Bertz CT molecular complexity index is 864. The Morgan fingerprint density at radius 1 is 1.07 bits per heavy atom. The first-order valence-corrected chi connectivity index (χ1v) is 8.46. The van der Waals surface area contributed by atoms with Gasteiger partial charge in [-0.1, -0.05) is 18.2 Å². The van der Waals surface area contributed by atoms with Crippen LogP contribution in [0.25, 0.3) is 0 Å². The summed E-state index contributed by atoms with van der Waals surface area (Å²) in [5.41, 5.74) is 0.759. The van der Waals surface area contributed by atoms with Crippen LogP contribution in [0.1, 0.15) is 35.2 Å². The third kappa shape index (κ3) is 3.46. The summed E-state index contributed by atoms with van der Waals surface area (Å²) in [4.78, 5) is 13.7. The molecule has 0 unspecified atom stereocenters. The third-order valence-corrected chi connectivity index (χ3v) is 4.84. The number of amides is 1. The molecule has 144 valence electrons. The monoisotopic (exact) mass is 379 g/mol. The second-order valence-electron chi connectivity index (χ2n) is 6.36. The lowest BCUT2D eigenvalue weighted by Crippen LogP contribution is -2.40. The molecule has 2 aromatic rings. The van der Waals surface area contributed by atoms with E-state index in [1.54, 1.807) is 18.2 Å². The van der Waals surface area contributed by atoms with Gasteiger partial charge in [-0.2, -0.15) is 13.2 Å². The quantitative estimate of drug-likeness (QED) is 0.802. The van der Waals surface area contributed by atoms with Gasteiger partial charge in [-0.15, -0.1) is 0 Å². The van der Waals surface area contributed by atoms with E-state index in [9.17, 15) is 18.0 Å². The van der Waals surface area contributed by atoms with Crippen molar-refractivity contribution in [3.8, 4) is 11.5 Å². The highest BCUT2D eigenvalue weighted by Crippen LogP contribution is 2.44. The Kier molecular flexibility index (Phi) is 5.04. The van der Waals surface area contributed by atoms with Crippen molar-refractivity contribution in [3.05, 3.63) is 58.7 Å². The Morgan fingerprint density at radius 3 is 2.30 bits per heavy atom. The topological polar surface area (TPSA) is 38.8 Å². The summed E-state index contributed by atoms with van der Waals surface area (Å²) in [6, 6.07) is 7.97. The number of alkyl halides is 3. The van der Waals surface area contributed by atoms with Gasteiger partial charge in [-0.05, 0) is 41.3 Å². The second kappa shape index (κ2) is 7.13. The number of rotatable bonds is 3. The maximum Gasteiger partial charge on any atom is 0.416 e. The van der Waals surface area contributed by atoms with E-state index in [1.807, 2.05) is 0 Å². The summed E-state index contributed by atoms with van der Waals surface area (Å²) in [5, 5.41) is 0. The van der Waals surface area contributed by atoms with E-state index >= 15 is 0 Å². The zero-order chi connectivity index (χ0) is 19.8. The van der Waals surface area contributed by atoms with Crippen molar-refractivity contribution in [3.63, 3.8) is 0 Å². The predicted octanol–water partition coefficient (Wildman–Crippen LogP) is 4.22. The highest BCUT2D eigenvalue weighted by Gasteiger charge is 2.39. The average Bonchev–Trinajstić information content (AvgIpc) is 2.64. The molecule has 2 aromatic carbocycles. The van der Waals surface area contributed by atoms with Gasteiger partial charge in [0.15, 0.2) is 11.5 Å². The molecule has 1 atom stereocenters. The Labute approximate surface area is 155 Å². The molecule has 3 rings (SSSR count). The molecule has 1 aliphatic rings. The van der Waals surface area contributed by atoms with Crippen LogP contribution in [0, 0.1) is 0 Å². The Balaban J connectivity index is 2.26. The first-order valence-electron chi connectivity index (χ1n) is 8.46. The summed E-state index contributed by atoms with van der Waals surface area (Å²) >= 11 is 0. The van der Waals surface area contributed by atoms with Gasteiger partial charge in [0.25, 0.3) is 0 Å². The summed E-state index contributed by atoms with van der Waals surface area (Å²) in [5.74, 6) is 0.643. The molecule has 1 amide bonds. The molecule has 1 aliphatic heterocycles. The van der Waals surface area contributed by atoms with Crippen molar-refractivity contribution >= 4 is 5.91 Å². The fourth-order valence-corrected chi connectivity index (χ4v) is 3.61. The fraction of sp³-hybridized carbons (Fsp3) is 0.350. The summed E-state index contributed by atoms with van der Waals surface area (Å²) in [6.45, 7) is 1.70. The van der Waals surface area contributed by atoms with Crippen molar-refractivity contribution in [2.75, 3.05) is 20.8 Å². The van der Waals surface area contributed by atoms with E-state index in [1.165, 1.54) is 38.2 Å². The van der Waals surface area contributed by atoms with Crippen LogP contribution >= 0.6 is 0 Å². The number of benzene rings is 2. The number of carbonyl (C=O) groups excluding carboxylic acids is 1. The first kappa shape index (κ1) is 19.1. The lowest BCUT2D eigenvalue weighted by Gasteiger charge is -2.38. The molecule has 0 radical (unpaired) electrons. The maximum absolute atomic E-state index is 13.6. The van der Waals surface area contributed by atoms with Crippen LogP contribution in [0.2, 0.25) is 0 Å². The van der Waals surface area contributed by atoms with E-state index in [-0.39, 0.29) is 11.5 Å². The molecular weight excluding hydrogens is 359 g/mol. The summed E-state index contributed by atoms with van der Waals surface area (Å²) in [7, 11) is 2.97. The van der Waals surface area contributed by atoms with Gasteiger partial charge in [0.1, 0.15) is 0 Å². The number of halogens is 3. The third-order valence-electron chi connectivity index (χ3n) is 4.84. The van der Waals surface area contributed by atoms with Crippen molar-refractivity contribution in [2.45, 2.75) is 25.6 Å². The van der Waals surface area contributed by atoms with Crippen molar-refractivity contribution in [1.29, 1.82) is 0 Å². The molecule has 0 N–H and O–H groups in total. The zero-order valence-corrected chi connectivity index (χ0v) is 15.3. The molecule has 27 heavy (non-hydrogen) atoms.